The summed E-state index contributed by atoms with van der Waals surface area (Å²) in [5.74, 6) is 1.16. The Morgan fingerprint density at radius 1 is 0.838 bits per heavy atom. The molecule has 37 heavy (non-hydrogen) atoms. The normalized spacial score (nSPS) is 11.5. The van der Waals surface area contributed by atoms with Gasteiger partial charge in [0.1, 0.15) is 11.5 Å². The monoisotopic (exact) mass is 522 g/mol. The molecule has 0 spiro atoms. The maximum atomic E-state index is 13.9. The van der Waals surface area contributed by atoms with Gasteiger partial charge in [0.25, 0.3) is 5.95 Å². The molecule has 5 rings (SSSR count). The Labute approximate surface area is 215 Å². The van der Waals surface area contributed by atoms with Crippen LogP contribution in [-0.2, 0) is 6.18 Å². The second-order valence-electron chi connectivity index (χ2n) is 8.10. The molecule has 5 aromatic rings. The Morgan fingerprint density at radius 2 is 1.46 bits per heavy atom. The minimum Gasteiger partial charge on any atom is -0.497 e. The van der Waals surface area contributed by atoms with Gasteiger partial charge in [-0.3, -0.25) is 0 Å². The van der Waals surface area contributed by atoms with Gasteiger partial charge in [0.15, 0.2) is 5.69 Å². The molecule has 0 aliphatic heterocycles. The third-order valence-electron chi connectivity index (χ3n) is 5.82. The number of hydrogen-bond acceptors (Lipinski definition) is 6. The molecule has 3 aromatic heterocycles. The molecule has 0 N–H and O–H groups in total. The topological polar surface area (TPSA) is 62.1 Å². The van der Waals surface area contributed by atoms with E-state index in [1.807, 2.05) is 31.2 Å². The predicted octanol–water partition coefficient (Wildman–Crippen LogP) is 7.07. The summed E-state index contributed by atoms with van der Waals surface area (Å²) < 4.78 is 53.6. The number of alkyl halides is 3. The van der Waals surface area contributed by atoms with Gasteiger partial charge in [-0.25, -0.2) is 9.97 Å². The van der Waals surface area contributed by atoms with Crippen molar-refractivity contribution in [2.75, 3.05) is 14.2 Å². The fourth-order valence-electron chi connectivity index (χ4n) is 3.98. The highest BCUT2D eigenvalue weighted by atomic mass is 32.1. The second-order valence-corrected chi connectivity index (χ2v) is 9.05. The van der Waals surface area contributed by atoms with Gasteiger partial charge < -0.3 is 9.47 Å². The first-order chi connectivity index (χ1) is 17.8. The summed E-state index contributed by atoms with van der Waals surface area (Å²) in [6.45, 7) is 1.87. The van der Waals surface area contributed by atoms with Crippen molar-refractivity contribution in [3.8, 4) is 50.5 Å². The van der Waals surface area contributed by atoms with Crippen LogP contribution >= 0.6 is 11.3 Å². The van der Waals surface area contributed by atoms with Crippen molar-refractivity contribution in [3.05, 3.63) is 83.4 Å². The molecule has 0 saturated carbocycles. The fraction of sp³-hybridized carbons (Fsp3) is 0.148. The molecule has 0 fully saturated rings. The van der Waals surface area contributed by atoms with Crippen molar-refractivity contribution >= 4 is 11.3 Å². The first-order valence-corrected chi connectivity index (χ1v) is 12.1. The van der Waals surface area contributed by atoms with E-state index < -0.39 is 11.9 Å². The van der Waals surface area contributed by atoms with Crippen LogP contribution in [0.2, 0.25) is 0 Å². The summed E-state index contributed by atoms with van der Waals surface area (Å²) >= 11 is 1.30. The number of ether oxygens (including phenoxy) is 2. The van der Waals surface area contributed by atoms with Crippen molar-refractivity contribution in [3.63, 3.8) is 0 Å². The lowest BCUT2D eigenvalue weighted by Crippen LogP contribution is -2.14. The van der Waals surface area contributed by atoms with Gasteiger partial charge in [0.2, 0.25) is 0 Å². The molecule has 3 heterocycles. The lowest BCUT2D eigenvalue weighted by molar-refractivity contribution is -0.141. The van der Waals surface area contributed by atoms with Crippen molar-refractivity contribution in [2.45, 2.75) is 13.1 Å². The van der Waals surface area contributed by atoms with E-state index in [-0.39, 0.29) is 11.6 Å². The molecule has 2 aromatic carbocycles. The zero-order chi connectivity index (χ0) is 26.2. The summed E-state index contributed by atoms with van der Waals surface area (Å²) in [6, 6.07) is 19.0. The van der Waals surface area contributed by atoms with Crippen LogP contribution in [0.4, 0.5) is 13.2 Å². The molecule has 0 aliphatic carbocycles. The number of thiophene rings is 1. The average molecular weight is 523 g/mol. The largest absolute Gasteiger partial charge is 0.497 e. The summed E-state index contributed by atoms with van der Waals surface area (Å²) in [4.78, 5) is 9.01. The molecular weight excluding hydrogens is 501 g/mol. The standard InChI is InChI=1S/C27H21F3N4O2S/c1-16-24(17-6-10-19(35-2)11-7-17)33-34(25(16)18-8-12-20(36-3)13-9-18)26-31-21(22-5-4-14-37-22)15-23(32-26)27(28,29)30/h4-15H,1-3H3. The van der Waals surface area contributed by atoms with E-state index in [0.29, 0.717) is 27.8 Å². The maximum absolute atomic E-state index is 13.9. The molecular formula is C27H21F3N4O2S. The van der Waals surface area contributed by atoms with Crippen molar-refractivity contribution in [2.24, 2.45) is 0 Å². The van der Waals surface area contributed by atoms with Gasteiger partial charge >= 0.3 is 6.18 Å². The van der Waals surface area contributed by atoms with E-state index in [1.54, 1.807) is 56.0 Å². The van der Waals surface area contributed by atoms with Crippen molar-refractivity contribution < 1.29 is 22.6 Å². The van der Waals surface area contributed by atoms with Gasteiger partial charge in [0.05, 0.1) is 36.2 Å². The second kappa shape index (κ2) is 9.70. The van der Waals surface area contributed by atoms with E-state index >= 15 is 0 Å². The third kappa shape index (κ3) is 4.79. The van der Waals surface area contributed by atoms with Gasteiger partial charge in [0, 0.05) is 16.7 Å². The summed E-state index contributed by atoms with van der Waals surface area (Å²) in [7, 11) is 3.14. The molecule has 188 valence electrons. The van der Waals surface area contributed by atoms with Crippen LogP contribution in [0, 0.1) is 6.92 Å². The number of rotatable bonds is 6. The van der Waals surface area contributed by atoms with Crippen molar-refractivity contribution in [1.29, 1.82) is 0 Å². The summed E-state index contributed by atoms with van der Waals surface area (Å²) in [5.41, 5.74) is 2.56. The van der Waals surface area contributed by atoms with E-state index in [4.69, 9.17) is 14.6 Å². The van der Waals surface area contributed by atoms with E-state index in [9.17, 15) is 13.2 Å². The van der Waals surface area contributed by atoms with Gasteiger partial charge in [-0.2, -0.15) is 23.0 Å². The molecule has 0 amide bonds. The highest BCUT2D eigenvalue weighted by Gasteiger charge is 2.34. The lowest BCUT2D eigenvalue weighted by Gasteiger charge is -2.12. The first-order valence-electron chi connectivity index (χ1n) is 11.2. The number of benzene rings is 2. The zero-order valence-electron chi connectivity index (χ0n) is 20.1. The number of methoxy groups -OCH3 is 2. The maximum Gasteiger partial charge on any atom is 0.433 e. The SMILES string of the molecule is COc1ccc(-c2nn(-c3nc(-c4cccs4)cc(C(F)(F)F)n3)c(-c3ccc(OC)cc3)c2C)cc1. The van der Waals surface area contributed by atoms with E-state index in [0.717, 1.165) is 22.8 Å². The molecule has 6 nitrogen and oxygen atoms in total. The van der Waals surface area contributed by atoms with Crippen LogP contribution in [0.5, 0.6) is 11.5 Å². The molecule has 0 radical (unpaired) electrons. The molecule has 0 saturated heterocycles. The van der Waals surface area contributed by atoms with E-state index in [1.165, 1.54) is 16.0 Å². The van der Waals surface area contributed by atoms with Crippen LogP contribution < -0.4 is 9.47 Å². The minimum atomic E-state index is -4.66. The Bertz CT molecular complexity index is 1530. The molecule has 0 unspecified atom stereocenters. The fourth-order valence-corrected chi connectivity index (χ4v) is 4.66. The van der Waals surface area contributed by atoms with Gasteiger partial charge in [-0.15, -0.1) is 11.3 Å². The van der Waals surface area contributed by atoms with Crippen LogP contribution in [0.3, 0.4) is 0 Å². The average Bonchev–Trinajstić information content (AvgIpc) is 3.57. The first kappa shape index (κ1) is 24.5. The predicted molar refractivity (Wildman–Crippen MR) is 136 cm³/mol. The number of halogens is 3. The Balaban J connectivity index is 1.76. The van der Waals surface area contributed by atoms with Gasteiger partial charge in [-0.1, -0.05) is 6.07 Å². The smallest absolute Gasteiger partial charge is 0.433 e. The Kier molecular flexibility index (Phi) is 6.43. The highest BCUT2D eigenvalue weighted by molar-refractivity contribution is 7.13. The van der Waals surface area contributed by atoms with Crippen molar-refractivity contribution in [1.82, 2.24) is 19.7 Å². The van der Waals surface area contributed by atoms with Crippen LogP contribution in [0.1, 0.15) is 11.3 Å². The van der Waals surface area contributed by atoms with Crippen LogP contribution in [0.15, 0.2) is 72.1 Å². The van der Waals surface area contributed by atoms with Crippen LogP contribution in [0.25, 0.3) is 39.0 Å². The van der Waals surface area contributed by atoms with E-state index in [2.05, 4.69) is 9.97 Å². The minimum absolute atomic E-state index is 0.173. The Morgan fingerprint density at radius 3 is 2.00 bits per heavy atom. The zero-order valence-corrected chi connectivity index (χ0v) is 20.9. The lowest BCUT2D eigenvalue weighted by atomic mass is 10.0. The highest BCUT2D eigenvalue weighted by Crippen LogP contribution is 2.37. The molecule has 0 bridgehead atoms. The quantitative estimate of drug-likeness (QED) is 0.239. The molecule has 0 atom stereocenters. The summed E-state index contributed by atoms with van der Waals surface area (Å²) in [5, 5.41) is 6.51. The Hall–Kier alpha value is -4.18. The number of nitrogens with zero attached hydrogens (tertiary/aromatic N) is 4. The van der Waals surface area contributed by atoms with Gasteiger partial charge in [-0.05, 0) is 73.0 Å². The summed E-state index contributed by atoms with van der Waals surface area (Å²) in [6.07, 6.45) is -4.66. The molecule has 10 heteroatoms. The number of aromatic nitrogens is 4. The molecule has 0 aliphatic rings. The van der Waals surface area contributed by atoms with Crippen LogP contribution in [-0.4, -0.2) is 34.0 Å². The third-order valence-corrected chi connectivity index (χ3v) is 6.71. The number of hydrogen-bond donors (Lipinski definition) is 0.